The number of rotatable bonds is 1. The number of benzene rings is 3. The number of anilines is 1. The third kappa shape index (κ3) is 1.85. The smallest absolute Gasteiger partial charge is 0.258 e. The van der Waals surface area contributed by atoms with Crippen molar-refractivity contribution in [2.75, 3.05) is 11.9 Å². The van der Waals surface area contributed by atoms with E-state index in [-0.39, 0.29) is 5.91 Å². The van der Waals surface area contributed by atoms with Crippen molar-refractivity contribution in [2.24, 2.45) is 0 Å². The van der Waals surface area contributed by atoms with Crippen LogP contribution in [0.25, 0.3) is 22.4 Å². The fraction of sp³-hybridized carbons (Fsp3) is 0.0500. The minimum Gasteiger partial charge on any atom is -0.311 e. The Hall–Kier alpha value is -2.87. The third-order valence-corrected chi connectivity index (χ3v) is 4.21. The van der Waals surface area contributed by atoms with Crippen LogP contribution in [0, 0.1) is 0 Å². The van der Waals surface area contributed by atoms with Crippen molar-refractivity contribution in [2.45, 2.75) is 0 Å². The Morgan fingerprint density at radius 3 is 2.50 bits per heavy atom. The first-order valence-electron chi connectivity index (χ1n) is 7.32. The molecule has 1 heterocycles. The molecule has 2 nitrogen and oxygen atoms in total. The molecule has 3 aromatic rings. The van der Waals surface area contributed by atoms with E-state index in [0.29, 0.717) is 0 Å². The Morgan fingerprint density at radius 1 is 0.864 bits per heavy atom. The molecule has 0 unspecified atom stereocenters. The highest BCUT2D eigenvalue weighted by Crippen LogP contribution is 2.37. The molecular formula is C20H15NO. The number of carbonyl (C=O) groups excluding carboxylic acids is 1. The number of para-hydroxylation sites is 1. The van der Waals surface area contributed by atoms with Gasteiger partial charge in [-0.1, -0.05) is 60.7 Å². The molecule has 0 N–H and O–H groups in total. The maximum atomic E-state index is 12.6. The molecule has 0 bridgehead atoms. The van der Waals surface area contributed by atoms with Crippen LogP contribution in [-0.4, -0.2) is 13.0 Å². The number of carbonyl (C=O) groups is 1. The highest BCUT2D eigenvalue weighted by Gasteiger charge is 2.29. The summed E-state index contributed by atoms with van der Waals surface area (Å²) in [4.78, 5) is 14.3. The number of hydrogen-bond acceptors (Lipinski definition) is 1. The Labute approximate surface area is 129 Å². The van der Waals surface area contributed by atoms with E-state index >= 15 is 0 Å². The predicted octanol–water partition coefficient (Wildman–Crippen LogP) is 4.36. The van der Waals surface area contributed by atoms with Crippen LogP contribution in [0.2, 0.25) is 0 Å². The minimum atomic E-state index is 0.0501. The zero-order valence-corrected chi connectivity index (χ0v) is 12.3. The van der Waals surface area contributed by atoms with Gasteiger partial charge in [0.15, 0.2) is 0 Å². The molecule has 0 saturated heterocycles. The molecule has 22 heavy (non-hydrogen) atoms. The van der Waals surface area contributed by atoms with Gasteiger partial charge in [-0.3, -0.25) is 4.79 Å². The first-order valence-corrected chi connectivity index (χ1v) is 7.32. The van der Waals surface area contributed by atoms with E-state index in [1.165, 1.54) is 5.39 Å². The lowest BCUT2D eigenvalue weighted by Gasteiger charge is -2.08. The van der Waals surface area contributed by atoms with E-state index in [0.717, 1.165) is 27.8 Å². The molecule has 3 aromatic carbocycles. The summed E-state index contributed by atoms with van der Waals surface area (Å²) in [6.07, 6.45) is 2.01. The summed E-state index contributed by atoms with van der Waals surface area (Å²) in [6.45, 7) is 0. The maximum absolute atomic E-state index is 12.6. The summed E-state index contributed by atoms with van der Waals surface area (Å²) >= 11 is 0. The molecule has 1 amide bonds. The summed E-state index contributed by atoms with van der Waals surface area (Å²) in [5.41, 5.74) is 3.81. The highest BCUT2D eigenvalue weighted by molar-refractivity contribution is 6.36. The lowest BCUT2D eigenvalue weighted by Crippen LogP contribution is -2.20. The molecule has 0 atom stereocenters. The van der Waals surface area contributed by atoms with Crippen LogP contribution in [0.5, 0.6) is 0 Å². The van der Waals surface area contributed by atoms with E-state index in [1.54, 1.807) is 4.90 Å². The molecule has 1 aliphatic rings. The molecule has 106 valence electrons. The number of fused-ring (bicyclic) bond motifs is 2. The second-order valence-electron chi connectivity index (χ2n) is 5.51. The summed E-state index contributed by atoms with van der Waals surface area (Å²) in [7, 11) is 1.82. The molecule has 4 rings (SSSR count). The lowest BCUT2D eigenvalue weighted by molar-refractivity contribution is -0.112. The molecule has 0 fully saturated rings. The Bertz CT molecular complexity index is 918. The zero-order chi connectivity index (χ0) is 15.1. The molecular weight excluding hydrogens is 270 g/mol. The van der Waals surface area contributed by atoms with Crippen molar-refractivity contribution in [1.82, 2.24) is 0 Å². The van der Waals surface area contributed by atoms with Crippen molar-refractivity contribution in [3.63, 3.8) is 0 Å². The lowest BCUT2D eigenvalue weighted by atomic mass is 10.00. The molecule has 2 heteroatoms. The molecule has 1 aliphatic heterocycles. The molecule has 0 saturated carbocycles. The van der Waals surface area contributed by atoms with Crippen molar-refractivity contribution in [3.8, 4) is 0 Å². The first kappa shape index (κ1) is 12.8. The number of nitrogens with zero attached hydrogens (tertiary/aromatic N) is 1. The SMILES string of the molecule is CN1C(=O)C(=Cc2cccc3ccccc23)c2ccccc21. The van der Waals surface area contributed by atoms with Crippen LogP contribution in [-0.2, 0) is 4.79 Å². The van der Waals surface area contributed by atoms with Gasteiger partial charge in [-0.25, -0.2) is 0 Å². The number of likely N-dealkylation sites (N-methyl/N-ethyl adjacent to an activating group) is 1. The molecule has 0 aliphatic carbocycles. The molecule has 0 aromatic heterocycles. The van der Waals surface area contributed by atoms with Crippen LogP contribution >= 0.6 is 0 Å². The fourth-order valence-electron chi connectivity index (χ4n) is 3.07. The van der Waals surface area contributed by atoms with E-state index in [2.05, 4.69) is 24.3 Å². The predicted molar refractivity (Wildman–Crippen MR) is 91.7 cm³/mol. The van der Waals surface area contributed by atoms with Crippen molar-refractivity contribution in [3.05, 3.63) is 77.9 Å². The second-order valence-corrected chi connectivity index (χ2v) is 5.51. The topological polar surface area (TPSA) is 20.3 Å². The van der Waals surface area contributed by atoms with Gasteiger partial charge < -0.3 is 4.90 Å². The Morgan fingerprint density at radius 2 is 1.59 bits per heavy atom. The summed E-state index contributed by atoms with van der Waals surface area (Å²) in [5, 5.41) is 2.35. The zero-order valence-electron chi connectivity index (χ0n) is 12.3. The number of amides is 1. The van der Waals surface area contributed by atoms with E-state index in [9.17, 15) is 4.79 Å². The van der Waals surface area contributed by atoms with Gasteiger partial charge in [0.1, 0.15) is 0 Å². The van der Waals surface area contributed by atoms with Crippen molar-refractivity contribution < 1.29 is 4.79 Å². The summed E-state index contributed by atoms with van der Waals surface area (Å²) < 4.78 is 0. The first-order chi connectivity index (χ1) is 10.8. The van der Waals surface area contributed by atoms with Gasteiger partial charge in [-0.05, 0) is 28.5 Å². The van der Waals surface area contributed by atoms with Gasteiger partial charge in [-0.15, -0.1) is 0 Å². The van der Waals surface area contributed by atoms with Crippen LogP contribution in [0.15, 0.2) is 66.7 Å². The summed E-state index contributed by atoms with van der Waals surface area (Å²) in [6, 6.07) is 22.4. The fourth-order valence-corrected chi connectivity index (χ4v) is 3.07. The Kier molecular flexibility index (Phi) is 2.83. The standard InChI is InChI=1S/C20H15NO/c1-21-19-12-5-4-11-17(19)18(20(21)22)13-15-9-6-8-14-7-2-3-10-16(14)15/h2-13H,1H3. The average Bonchev–Trinajstić information content (AvgIpc) is 2.81. The normalized spacial score (nSPS) is 15.6. The third-order valence-electron chi connectivity index (χ3n) is 4.21. The van der Waals surface area contributed by atoms with Crippen LogP contribution < -0.4 is 4.90 Å². The van der Waals surface area contributed by atoms with Crippen molar-refractivity contribution in [1.29, 1.82) is 0 Å². The van der Waals surface area contributed by atoms with Gasteiger partial charge in [0.2, 0.25) is 0 Å². The van der Waals surface area contributed by atoms with Crippen LogP contribution in [0.3, 0.4) is 0 Å². The minimum absolute atomic E-state index is 0.0501. The second kappa shape index (κ2) is 4.85. The van der Waals surface area contributed by atoms with E-state index in [1.807, 2.05) is 55.6 Å². The molecule has 0 spiro atoms. The average molecular weight is 285 g/mol. The van der Waals surface area contributed by atoms with Gasteiger partial charge in [0.25, 0.3) is 5.91 Å². The van der Waals surface area contributed by atoms with Crippen LogP contribution in [0.4, 0.5) is 5.69 Å². The van der Waals surface area contributed by atoms with Gasteiger partial charge >= 0.3 is 0 Å². The molecule has 0 radical (unpaired) electrons. The van der Waals surface area contributed by atoms with E-state index < -0.39 is 0 Å². The summed E-state index contributed by atoms with van der Waals surface area (Å²) in [5.74, 6) is 0.0501. The van der Waals surface area contributed by atoms with Gasteiger partial charge in [0, 0.05) is 18.2 Å². The highest BCUT2D eigenvalue weighted by atomic mass is 16.2. The van der Waals surface area contributed by atoms with Crippen LogP contribution in [0.1, 0.15) is 11.1 Å². The Balaban J connectivity index is 1.94. The monoisotopic (exact) mass is 285 g/mol. The van der Waals surface area contributed by atoms with Gasteiger partial charge in [-0.2, -0.15) is 0 Å². The van der Waals surface area contributed by atoms with Crippen molar-refractivity contribution >= 4 is 34.0 Å². The van der Waals surface area contributed by atoms with Gasteiger partial charge in [0.05, 0.1) is 5.69 Å². The van der Waals surface area contributed by atoms with E-state index in [4.69, 9.17) is 0 Å². The maximum Gasteiger partial charge on any atom is 0.258 e. The largest absolute Gasteiger partial charge is 0.311 e. The number of hydrogen-bond donors (Lipinski definition) is 0. The quantitative estimate of drug-likeness (QED) is 0.608.